The molecule has 0 radical (unpaired) electrons. The van der Waals surface area contributed by atoms with Gasteiger partial charge in [-0.25, -0.2) is 23.1 Å². The number of amides is 1. The highest BCUT2D eigenvalue weighted by atomic mass is 32.2. The Hall–Kier alpha value is -3.46. The van der Waals surface area contributed by atoms with Crippen molar-refractivity contribution in [2.75, 3.05) is 10.0 Å². The maximum atomic E-state index is 12.5. The van der Waals surface area contributed by atoms with Crippen molar-refractivity contribution in [3.63, 3.8) is 0 Å². The Balaban J connectivity index is 1.64. The molecule has 0 spiro atoms. The second kappa shape index (κ2) is 9.36. The fourth-order valence-electron chi connectivity index (χ4n) is 2.65. The molecule has 0 saturated carbocycles. The first-order valence-corrected chi connectivity index (χ1v) is 10.8. The first-order chi connectivity index (χ1) is 14.4. The second-order valence-corrected chi connectivity index (χ2v) is 8.10. The van der Waals surface area contributed by atoms with E-state index in [9.17, 15) is 13.2 Å². The van der Waals surface area contributed by atoms with E-state index >= 15 is 0 Å². The first kappa shape index (κ1) is 21.3. The number of sulfonamides is 1. The molecule has 3 rings (SSSR count). The normalized spacial score (nSPS) is 12.1. The van der Waals surface area contributed by atoms with E-state index in [1.165, 1.54) is 36.7 Å². The molecular formula is C21H22N4O4S. The molecule has 1 atom stereocenters. The molecule has 156 valence electrons. The fraction of sp³-hybridized carbons (Fsp3) is 0.190. The number of para-hydroxylation sites is 1. The summed E-state index contributed by atoms with van der Waals surface area (Å²) in [7, 11) is -3.84. The maximum Gasteiger partial charge on any atom is 0.265 e. The quantitative estimate of drug-likeness (QED) is 0.572. The van der Waals surface area contributed by atoms with E-state index in [4.69, 9.17) is 4.74 Å². The van der Waals surface area contributed by atoms with E-state index in [0.717, 1.165) is 12.0 Å². The summed E-state index contributed by atoms with van der Waals surface area (Å²) in [4.78, 5) is 20.2. The Bertz CT molecular complexity index is 1100. The number of nitrogens with one attached hydrogen (secondary N) is 2. The molecule has 1 aromatic heterocycles. The van der Waals surface area contributed by atoms with E-state index in [0.29, 0.717) is 11.4 Å². The largest absolute Gasteiger partial charge is 0.481 e. The molecule has 0 aliphatic carbocycles. The van der Waals surface area contributed by atoms with Crippen molar-refractivity contribution in [3.8, 4) is 5.75 Å². The predicted molar refractivity (Wildman–Crippen MR) is 114 cm³/mol. The minimum absolute atomic E-state index is 0.0202. The third-order valence-corrected chi connectivity index (χ3v) is 5.59. The van der Waals surface area contributed by atoms with E-state index < -0.39 is 16.1 Å². The summed E-state index contributed by atoms with van der Waals surface area (Å²) in [6.07, 6.45) is 2.94. The highest BCUT2D eigenvalue weighted by Crippen LogP contribution is 2.21. The third-order valence-electron chi connectivity index (χ3n) is 4.25. The van der Waals surface area contributed by atoms with Crippen LogP contribution in [0.4, 0.5) is 11.6 Å². The number of hydrogen-bond acceptors (Lipinski definition) is 6. The highest BCUT2D eigenvalue weighted by Gasteiger charge is 2.18. The van der Waals surface area contributed by atoms with Crippen LogP contribution in [-0.2, 0) is 21.2 Å². The number of benzene rings is 2. The third kappa shape index (κ3) is 5.32. The standard InChI is InChI=1S/C21H22N4O4S/c1-3-16-7-4-5-8-19(16)29-15(2)20(26)24-17-9-11-18(12-10-17)30(27,28)25-21-22-13-6-14-23-21/h4-15H,3H2,1-2H3,(H,24,26)(H,22,23,25)/t15-/m0/s1. The zero-order chi connectivity index (χ0) is 21.6. The fourth-order valence-corrected chi connectivity index (χ4v) is 3.61. The van der Waals surface area contributed by atoms with Crippen molar-refractivity contribution < 1.29 is 17.9 Å². The molecule has 9 heteroatoms. The zero-order valence-corrected chi connectivity index (χ0v) is 17.4. The lowest BCUT2D eigenvalue weighted by Gasteiger charge is -2.17. The molecule has 2 N–H and O–H groups in total. The van der Waals surface area contributed by atoms with Crippen LogP contribution in [-0.4, -0.2) is 30.4 Å². The van der Waals surface area contributed by atoms with Crippen molar-refractivity contribution in [1.29, 1.82) is 0 Å². The van der Waals surface area contributed by atoms with Gasteiger partial charge in [0.1, 0.15) is 5.75 Å². The Morgan fingerprint density at radius 1 is 1.03 bits per heavy atom. The molecule has 2 aromatic carbocycles. The minimum atomic E-state index is -3.84. The van der Waals surface area contributed by atoms with Gasteiger partial charge in [-0.2, -0.15) is 0 Å². The molecule has 0 aliphatic rings. The van der Waals surface area contributed by atoms with Gasteiger partial charge in [0.15, 0.2) is 6.10 Å². The summed E-state index contributed by atoms with van der Waals surface area (Å²) in [6, 6.07) is 14.9. The van der Waals surface area contributed by atoms with Gasteiger partial charge in [-0.15, -0.1) is 0 Å². The van der Waals surface area contributed by atoms with Crippen LogP contribution in [0.1, 0.15) is 19.4 Å². The Morgan fingerprint density at radius 3 is 2.37 bits per heavy atom. The summed E-state index contributed by atoms with van der Waals surface area (Å²) in [5.41, 5.74) is 1.47. The van der Waals surface area contributed by atoms with Gasteiger partial charge < -0.3 is 10.1 Å². The monoisotopic (exact) mass is 426 g/mol. The van der Waals surface area contributed by atoms with Crippen LogP contribution >= 0.6 is 0 Å². The number of hydrogen-bond donors (Lipinski definition) is 2. The van der Waals surface area contributed by atoms with E-state index in [1.54, 1.807) is 13.0 Å². The molecule has 3 aromatic rings. The van der Waals surface area contributed by atoms with Crippen LogP contribution in [0, 0.1) is 0 Å². The van der Waals surface area contributed by atoms with Gasteiger partial charge in [0.2, 0.25) is 5.95 Å². The average Bonchev–Trinajstić information content (AvgIpc) is 2.75. The van der Waals surface area contributed by atoms with Crippen LogP contribution in [0.3, 0.4) is 0 Å². The smallest absolute Gasteiger partial charge is 0.265 e. The number of rotatable bonds is 8. The Labute approximate surface area is 175 Å². The molecule has 8 nitrogen and oxygen atoms in total. The number of anilines is 2. The summed E-state index contributed by atoms with van der Waals surface area (Å²) >= 11 is 0. The van der Waals surface area contributed by atoms with Crippen molar-refractivity contribution in [3.05, 3.63) is 72.6 Å². The predicted octanol–water partition coefficient (Wildman–Crippen LogP) is 3.25. The average molecular weight is 426 g/mol. The van der Waals surface area contributed by atoms with Crippen molar-refractivity contribution >= 4 is 27.6 Å². The van der Waals surface area contributed by atoms with Gasteiger partial charge in [0.05, 0.1) is 4.90 Å². The van der Waals surface area contributed by atoms with E-state index in [1.807, 2.05) is 31.2 Å². The number of aryl methyl sites for hydroxylation is 1. The maximum absolute atomic E-state index is 12.5. The molecule has 0 bridgehead atoms. The number of aromatic nitrogens is 2. The van der Waals surface area contributed by atoms with Gasteiger partial charge in [-0.1, -0.05) is 25.1 Å². The van der Waals surface area contributed by atoms with E-state index in [2.05, 4.69) is 20.0 Å². The van der Waals surface area contributed by atoms with Crippen molar-refractivity contribution in [2.45, 2.75) is 31.3 Å². The van der Waals surface area contributed by atoms with Gasteiger partial charge in [0, 0.05) is 18.1 Å². The molecule has 1 heterocycles. The lowest BCUT2D eigenvalue weighted by atomic mass is 10.1. The van der Waals surface area contributed by atoms with Gasteiger partial charge in [0.25, 0.3) is 15.9 Å². The van der Waals surface area contributed by atoms with E-state index in [-0.39, 0.29) is 16.8 Å². The minimum Gasteiger partial charge on any atom is -0.481 e. The zero-order valence-electron chi connectivity index (χ0n) is 16.6. The topological polar surface area (TPSA) is 110 Å². The van der Waals surface area contributed by atoms with Gasteiger partial charge >= 0.3 is 0 Å². The highest BCUT2D eigenvalue weighted by molar-refractivity contribution is 7.92. The molecule has 0 saturated heterocycles. The molecule has 1 amide bonds. The SMILES string of the molecule is CCc1ccccc1O[C@@H](C)C(=O)Nc1ccc(S(=O)(=O)Nc2ncccn2)cc1. The second-order valence-electron chi connectivity index (χ2n) is 6.41. The number of nitrogens with zero attached hydrogens (tertiary/aromatic N) is 2. The summed E-state index contributed by atoms with van der Waals surface area (Å²) < 4.78 is 32.9. The molecule has 30 heavy (non-hydrogen) atoms. The lowest BCUT2D eigenvalue weighted by molar-refractivity contribution is -0.122. The first-order valence-electron chi connectivity index (χ1n) is 9.34. The summed E-state index contributed by atoms with van der Waals surface area (Å²) in [5.74, 6) is 0.304. The van der Waals surface area contributed by atoms with Crippen LogP contribution in [0.5, 0.6) is 5.75 Å². The van der Waals surface area contributed by atoms with Gasteiger partial charge in [-0.05, 0) is 55.3 Å². The summed E-state index contributed by atoms with van der Waals surface area (Å²) in [6.45, 7) is 3.67. The Kier molecular flexibility index (Phi) is 6.63. The van der Waals surface area contributed by atoms with Gasteiger partial charge in [-0.3, -0.25) is 4.79 Å². The van der Waals surface area contributed by atoms with Crippen molar-refractivity contribution in [1.82, 2.24) is 9.97 Å². The van der Waals surface area contributed by atoms with Crippen LogP contribution in [0.15, 0.2) is 71.9 Å². The molecular weight excluding hydrogens is 404 g/mol. The number of carbonyl (C=O) groups is 1. The number of carbonyl (C=O) groups excluding carboxylic acids is 1. The van der Waals surface area contributed by atoms with Crippen LogP contribution in [0.25, 0.3) is 0 Å². The Morgan fingerprint density at radius 2 is 1.70 bits per heavy atom. The molecule has 0 aliphatic heterocycles. The molecule has 0 unspecified atom stereocenters. The number of ether oxygens (including phenoxy) is 1. The molecule has 0 fully saturated rings. The van der Waals surface area contributed by atoms with Crippen LogP contribution < -0.4 is 14.8 Å². The summed E-state index contributed by atoms with van der Waals surface area (Å²) in [5, 5.41) is 2.72. The van der Waals surface area contributed by atoms with Crippen LogP contribution in [0.2, 0.25) is 0 Å². The van der Waals surface area contributed by atoms with Crippen molar-refractivity contribution in [2.24, 2.45) is 0 Å². The lowest BCUT2D eigenvalue weighted by Crippen LogP contribution is -2.30.